The van der Waals surface area contributed by atoms with Crippen LogP contribution < -0.4 is 14.8 Å². The smallest absolute Gasteiger partial charge is 0.230 e. The third kappa shape index (κ3) is 4.64. The molecule has 0 atom stereocenters. The van der Waals surface area contributed by atoms with E-state index >= 15 is 0 Å². The lowest BCUT2D eigenvalue weighted by atomic mass is 9.95. The number of nitrogens with one attached hydrogen (secondary N) is 1. The summed E-state index contributed by atoms with van der Waals surface area (Å²) >= 11 is 0. The molecule has 0 spiro atoms. The molecule has 4 nitrogen and oxygen atoms in total. The first-order chi connectivity index (χ1) is 13.4. The molecule has 0 radical (unpaired) electrons. The Morgan fingerprint density at radius 2 is 1.86 bits per heavy atom. The number of hydrogen-bond donors (Lipinski definition) is 1. The number of halogens is 1. The Morgan fingerprint density at radius 3 is 2.46 bits per heavy atom. The number of carbonyl (C=O) groups is 1. The van der Waals surface area contributed by atoms with Gasteiger partial charge in [0.25, 0.3) is 0 Å². The van der Waals surface area contributed by atoms with Gasteiger partial charge in [-0.15, -0.1) is 0 Å². The number of methoxy groups -OCH3 is 1. The molecule has 1 aliphatic rings. The number of rotatable bonds is 9. The minimum absolute atomic E-state index is 0.0182. The van der Waals surface area contributed by atoms with E-state index in [1.54, 1.807) is 19.2 Å². The Morgan fingerprint density at radius 1 is 1.14 bits per heavy atom. The zero-order chi connectivity index (χ0) is 20.1. The molecule has 0 saturated heterocycles. The van der Waals surface area contributed by atoms with Gasteiger partial charge in [0.2, 0.25) is 5.91 Å². The van der Waals surface area contributed by atoms with Gasteiger partial charge in [0.15, 0.2) is 11.5 Å². The standard InChI is InChI=1S/C23H28FNO3/c1-16(2)10-13-28-20-9-4-17(14-21(20)27-3)15-25-22(26)23(11-12-23)18-5-7-19(24)8-6-18/h4-9,14,16H,10-13,15H2,1-3H3,(H,25,26). The van der Waals surface area contributed by atoms with E-state index in [1.807, 2.05) is 18.2 Å². The van der Waals surface area contributed by atoms with Crippen LogP contribution in [0.5, 0.6) is 11.5 Å². The second kappa shape index (κ2) is 8.63. The highest BCUT2D eigenvalue weighted by molar-refractivity contribution is 5.91. The van der Waals surface area contributed by atoms with Gasteiger partial charge in [-0.1, -0.05) is 32.0 Å². The molecule has 2 aromatic rings. The lowest BCUT2D eigenvalue weighted by Crippen LogP contribution is -2.34. The van der Waals surface area contributed by atoms with E-state index in [9.17, 15) is 9.18 Å². The van der Waals surface area contributed by atoms with Gasteiger partial charge in [-0.2, -0.15) is 0 Å². The van der Waals surface area contributed by atoms with Crippen molar-refractivity contribution in [2.45, 2.75) is 45.1 Å². The molecule has 150 valence electrons. The van der Waals surface area contributed by atoms with Crippen LogP contribution in [0.3, 0.4) is 0 Å². The molecule has 0 aliphatic heterocycles. The second-order valence-corrected chi connectivity index (χ2v) is 7.79. The topological polar surface area (TPSA) is 47.6 Å². The first kappa shape index (κ1) is 20.2. The van der Waals surface area contributed by atoms with Crippen molar-refractivity contribution in [3.05, 3.63) is 59.4 Å². The Balaban J connectivity index is 1.61. The largest absolute Gasteiger partial charge is 0.493 e. The van der Waals surface area contributed by atoms with Crippen molar-refractivity contribution in [3.63, 3.8) is 0 Å². The van der Waals surface area contributed by atoms with Crippen molar-refractivity contribution >= 4 is 5.91 Å². The number of amides is 1. The van der Waals surface area contributed by atoms with Crippen LogP contribution in [0.1, 0.15) is 44.2 Å². The van der Waals surface area contributed by atoms with Crippen LogP contribution in [0.25, 0.3) is 0 Å². The van der Waals surface area contributed by atoms with Crippen molar-refractivity contribution in [1.82, 2.24) is 5.32 Å². The van der Waals surface area contributed by atoms with Crippen molar-refractivity contribution in [1.29, 1.82) is 0 Å². The lowest BCUT2D eigenvalue weighted by Gasteiger charge is -2.17. The van der Waals surface area contributed by atoms with Crippen LogP contribution in [0.15, 0.2) is 42.5 Å². The van der Waals surface area contributed by atoms with Gasteiger partial charge in [-0.05, 0) is 60.6 Å². The number of hydrogen-bond acceptors (Lipinski definition) is 3. The monoisotopic (exact) mass is 385 g/mol. The Hall–Kier alpha value is -2.56. The maximum atomic E-state index is 13.2. The van der Waals surface area contributed by atoms with E-state index in [1.165, 1.54) is 12.1 Å². The summed E-state index contributed by atoms with van der Waals surface area (Å²) in [6, 6.07) is 11.9. The Labute approximate surface area is 166 Å². The van der Waals surface area contributed by atoms with Crippen LogP contribution in [0, 0.1) is 11.7 Å². The van der Waals surface area contributed by atoms with Crippen LogP contribution in [-0.4, -0.2) is 19.6 Å². The predicted molar refractivity (Wildman–Crippen MR) is 107 cm³/mol. The SMILES string of the molecule is COc1cc(CNC(=O)C2(c3ccc(F)cc3)CC2)ccc1OCCC(C)C. The molecule has 1 fully saturated rings. The van der Waals surface area contributed by atoms with E-state index < -0.39 is 5.41 Å². The van der Waals surface area contributed by atoms with Crippen molar-refractivity contribution in [2.24, 2.45) is 5.92 Å². The summed E-state index contributed by atoms with van der Waals surface area (Å²) in [6.07, 6.45) is 2.55. The molecule has 28 heavy (non-hydrogen) atoms. The third-order valence-corrected chi connectivity index (χ3v) is 5.22. The molecule has 1 saturated carbocycles. The maximum absolute atomic E-state index is 13.2. The highest BCUT2D eigenvalue weighted by Crippen LogP contribution is 2.48. The summed E-state index contributed by atoms with van der Waals surface area (Å²) in [4.78, 5) is 12.8. The molecular formula is C23H28FNO3. The third-order valence-electron chi connectivity index (χ3n) is 5.22. The lowest BCUT2D eigenvalue weighted by molar-refractivity contribution is -0.123. The number of ether oxygens (including phenoxy) is 2. The highest BCUT2D eigenvalue weighted by Gasteiger charge is 2.51. The molecule has 5 heteroatoms. The van der Waals surface area contributed by atoms with Crippen molar-refractivity contribution in [2.75, 3.05) is 13.7 Å². The maximum Gasteiger partial charge on any atom is 0.230 e. The summed E-state index contributed by atoms with van der Waals surface area (Å²) < 4.78 is 24.4. The van der Waals surface area contributed by atoms with E-state index in [2.05, 4.69) is 19.2 Å². The molecule has 1 amide bonds. The quantitative estimate of drug-likeness (QED) is 0.686. The zero-order valence-electron chi connectivity index (χ0n) is 16.8. The molecule has 0 aromatic heterocycles. The van der Waals surface area contributed by atoms with Gasteiger partial charge >= 0.3 is 0 Å². The van der Waals surface area contributed by atoms with E-state index in [0.717, 1.165) is 30.4 Å². The normalized spacial score (nSPS) is 14.6. The average molecular weight is 385 g/mol. The highest BCUT2D eigenvalue weighted by atomic mass is 19.1. The van der Waals surface area contributed by atoms with E-state index in [0.29, 0.717) is 30.6 Å². The molecule has 0 bridgehead atoms. The first-order valence-corrected chi connectivity index (χ1v) is 9.78. The van der Waals surface area contributed by atoms with Gasteiger partial charge in [0, 0.05) is 6.54 Å². The second-order valence-electron chi connectivity index (χ2n) is 7.79. The number of benzene rings is 2. The fraction of sp³-hybridized carbons (Fsp3) is 0.435. The number of carbonyl (C=O) groups excluding carboxylic acids is 1. The summed E-state index contributed by atoms with van der Waals surface area (Å²) in [6.45, 7) is 5.37. The van der Waals surface area contributed by atoms with E-state index in [4.69, 9.17) is 9.47 Å². The summed E-state index contributed by atoms with van der Waals surface area (Å²) in [5.41, 5.74) is 1.30. The van der Waals surface area contributed by atoms with Crippen LogP contribution in [0.2, 0.25) is 0 Å². The fourth-order valence-electron chi connectivity index (χ4n) is 3.24. The predicted octanol–water partition coefficient (Wildman–Crippen LogP) is 4.61. The molecule has 2 aromatic carbocycles. The summed E-state index contributed by atoms with van der Waals surface area (Å²) in [7, 11) is 1.61. The first-order valence-electron chi connectivity index (χ1n) is 9.78. The summed E-state index contributed by atoms with van der Waals surface area (Å²) in [5, 5.41) is 3.01. The minimum Gasteiger partial charge on any atom is -0.493 e. The average Bonchev–Trinajstić information content (AvgIpc) is 3.49. The molecular weight excluding hydrogens is 357 g/mol. The molecule has 0 heterocycles. The molecule has 1 N–H and O–H groups in total. The fourth-order valence-corrected chi connectivity index (χ4v) is 3.24. The van der Waals surface area contributed by atoms with Gasteiger partial charge < -0.3 is 14.8 Å². The Kier molecular flexibility index (Phi) is 6.22. The van der Waals surface area contributed by atoms with E-state index in [-0.39, 0.29) is 11.7 Å². The van der Waals surface area contributed by atoms with Gasteiger partial charge in [0.1, 0.15) is 5.82 Å². The molecule has 0 unspecified atom stereocenters. The summed E-state index contributed by atoms with van der Waals surface area (Å²) in [5.74, 6) is 1.65. The molecule has 1 aliphatic carbocycles. The molecule has 3 rings (SSSR count). The van der Waals surface area contributed by atoms with Crippen LogP contribution >= 0.6 is 0 Å². The van der Waals surface area contributed by atoms with Crippen molar-refractivity contribution in [3.8, 4) is 11.5 Å². The van der Waals surface area contributed by atoms with Crippen LogP contribution in [-0.2, 0) is 16.8 Å². The minimum atomic E-state index is -0.516. The van der Waals surface area contributed by atoms with Gasteiger partial charge in [-0.25, -0.2) is 4.39 Å². The zero-order valence-corrected chi connectivity index (χ0v) is 16.8. The van der Waals surface area contributed by atoms with Gasteiger partial charge in [-0.3, -0.25) is 4.79 Å². The van der Waals surface area contributed by atoms with Gasteiger partial charge in [0.05, 0.1) is 19.1 Å². The van der Waals surface area contributed by atoms with Crippen LogP contribution in [0.4, 0.5) is 4.39 Å². The Bertz CT molecular complexity index is 813. The van der Waals surface area contributed by atoms with Crippen molar-refractivity contribution < 1.29 is 18.7 Å².